The molecule has 1 aromatic carbocycles. The number of carbonyl (C=O) groups is 1. The Kier molecular flexibility index (Phi) is 5.66. The third-order valence-corrected chi connectivity index (χ3v) is 4.53. The van der Waals surface area contributed by atoms with Crippen molar-refractivity contribution in [3.63, 3.8) is 0 Å². The summed E-state index contributed by atoms with van der Waals surface area (Å²) in [5.41, 5.74) is 1.76. The first-order valence-corrected chi connectivity index (χ1v) is 8.25. The molecule has 1 aliphatic heterocycles. The van der Waals surface area contributed by atoms with E-state index in [-0.39, 0.29) is 5.91 Å². The summed E-state index contributed by atoms with van der Waals surface area (Å²) in [6, 6.07) is 7.85. The van der Waals surface area contributed by atoms with Crippen molar-refractivity contribution in [1.82, 2.24) is 4.90 Å². The quantitative estimate of drug-likeness (QED) is 0.907. The number of anilines is 1. The van der Waals surface area contributed by atoms with Crippen molar-refractivity contribution in [3.8, 4) is 0 Å². The highest BCUT2D eigenvalue weighted by atomic mass is 16.2. The van der Waals surface area contributed by atoms with Gasteiger partial charge in [-0.25, -0.2) is 0 Å². The monoisotopic (exact) mass is 288 g/mol. The maximum absolute atomic E-state index is 12.8. The third kappa shape index (κ3) is 3.99. The molecule has 0 bridgehead atoms. The number of carbonyl (C=O) groups excluding carboxylic acids is 1. The third-order valence-electron chi connectivity index (χ3n) is 4.53. The molecule has 0 aromatic heterocycles. The molecular formula is C18H28N2O. The minimum atomic E-state index is 0.177. The molecule has 0 spiro atoms. The number of para-hydroxylation sites is 1. The smallest absolute Gasteiger partial charge is 0.255 e. The second-order valence-electron chi connectivity index (χ2n) is 6.30. The van der Waals surface area contributed by atoms with Crippen LogP contribution in [0.3, 0.4) is 0 Å². The standard InChI is InChI=1S/C18H28N2O/c1-4-19-17-10-6-5-9-16(17)18(21)20-12-7-8-15(11-13-20)14(2)3/h5-6,9-10,14-15,19H,4,7-8,11-13H2,1-3H3. The molecule has 21 heavy (non-hydrogen) atoms. The van der Waals surface area contributed by atoms with Gasteiger partial charge in [0.2, 0.25) is 0 Å². The van der Waals surface area contributed by atoms with Crippen molar-refractivity contribution in [1.29, 1.82) is 0 Å². The lowest BCUT2D eigenvalue weighted by atomic mass is 9.89. The molecule has 3 heteroatoms. The van der Waals surface area contributed by atoms with Crippen molar-refractivity contribution in [3.05, 3.63) is 29.8 Å². The molecule has 1 unspecified atom stereocenters. The predicted molar refractivity (Wildman–Crippen MR) is 88.7 cm³/mol. The van der Waals surface area contributed by atoms with Crippen molar-refractivity contribution >= 4 is 11.6 Å². The first kappa shape index (κ1) is 15.9. The second kappa shape index (κ2) is 7.48. The summed E-state index contributed by atoms with van der Waals surface area (Å²) in [6.45, 7) is 9.26. The van der Waals surface area contributed by atoms with Crippen molar-refractivity contribution in [2.24, 2.45) is 11.8 Å². The van der Waals surface area contributed by atoms with Gasteiger partial charge in [0.25, 0.3) is 5.91 Å². The molecule has 0 radical (unpaired) electrons. The Hall–Kier alpha value is -1.51. The molecule has 1 aromatic rings. The van der Waals surface area contributed by atoms with E-state index in [1.54, 1.807) is 0 Å². The zero-order valence-corrected chi connectivity index (χ0v) is 13.6. The Bertz CT molecular complexity index is 470. The van der Waals surface area contributed by atoms with E-state index < -0.39 is 0 Å². The van der Waals surface area contributed by atoms with Gasteiger partial charge in [-0.1, -0.05) is 26.0 Å². The van der Waals surface area contributed by atoms with Gasteiger partial charge >= 0.3 is 0 Å². The second-order valence-corrected chi connectivity index (χ2v) is 6.30. The Balaban J connectivity index is 2.09. The summed E-state index contributed by atoms with van der Waals surface area (Å²) >= 11 is 0. The molecule has 0 saturated carbocycles. The number of hydrogen-bond acceptors (Lipinski definition) is 2. The molecular weight excluding hydrogens is 260 g/mol. The van der Waals surface area contributed by atoms with Crippen LogP contribution in [0.15, 0.2) is 24.3 Å². The van der Waals surface area contributed by atoms with Gasteiger partial charge in [-0.2, -0.15) is 0 Å². The Morgan fingerprint density at radius 1 is 1.29 bits per heavy atom. The average molecular weight is 288 g/mol. The molecule has 3 nitrogen and oxygen atoms in total. The number of benzene rings is 1. The molecule has 1 amide bonds. The van der Waals surface area contributed by atoms with Gasteiger partial charge in [-0.3, -0.25) is 4.79 Å². The number of hydrogen-bond donors (Lipinski definition) is 1. The van der Waals surface area contributed by atoms with Crippen LogP contribution in [0.4, 0.5) is 5.69 Å². The van der Waals surface area contributed by atoms with E-state index in [1.165, 1.54) is 6.42 Å². The van der Waals surface area contributed by atoms with Crippen molar-refractivity contribution in [2.45, 2.75) is 40.0 Å². The highest BCUT2D eigenvalue weighted by Crippen LogP contribution is 2.26. The van der Waals surface area contributed by atoms with E-state index >= 15 is 0 Å². The normalized spacial score (nSPS) is 19.4. The average Bonchev–Trinajstić information content (AvgIpc) is 2.73. The maximum Gasteiger partial charge on any atom is 0.255 e. The van der Waals surface area contributed by atoms with Crippen LogP contribution in [0.1, 0.15) is 50.4 Å². The van der Waals surface area contributed by atoms with Crippen LogP contribution >= 0.6 is 0 Å². The van der Waals surface area contributed by atoms with Crippen LogP contribution in [-0.4, -0.2) is 30.4 Å². The van der Waals surface area contributed by atoms with Gasteiger partial charge in [-0.15, -0.1) is 0 Å². The Morgan fingerprint density at radius 3 is 2.76 bits per heavy atom. The van der Waals surface area contributed by atoms with Gasteiger partial charge < -0.3 is 10.2 Å². The zero-order valence-electron chi connectivity index (χ0n) is 13.6. The van der Waals surface area contributed by atoms with E-state index in [0.717, 1.165) is 49.6 Å². The fourth-order valence-electron chi connectivity index (χ4n) is 3.18. The molecule has 1 heterocycles. The van der Waals surface area contributed by atoms with Gasteiger partial charge in [0.15, 0.2) is 0 Å². The van der Waals surface area contributed by atoms with E-state index in [0.29, 0.717) is 5.92 Å². The summed E-state index contributed by atoms with van der Waals surface area (Å²) in [7, 11) is 0. The van der Waals surface area contributed by atoms with Crippen molar-refractivity contribution in [2.75, 3.05) is 25.0 Å². The summed E-state index contributed by atoms with van der Waals surface area (Å²) in [5, 5.41) is 3.29. The van der Waals surface area contributed by atoms with E-state index in [9.17, 15) is 4.79 Å². The maximum atomic E-state index is 12.8. The summed E-state index contributed by atoms with van der Waals surface area (Å²) in [6.07, 6.45) is 3.50. The lowest BCUT2D eigenvalue weighted by Crippen LogP contribution is -2.32. The number of nitrogens with one attached hydrogen (secondary N) is 1. The number of nitrogens with zero attached hydrogens (tertiary/aromatic N) is 1. The predicted octanol–water partition coefficient (Wildman–Crippen LogP) is 4.02. The number of likely N-dealkylation sites (tertiary alicyclic amines) is 1. The van der Waals surface area contributed by atoms with Gasteiger partial charge in [0.05, 0.1) is 5.56 Å². The summed E-state index contributed by atoms with van der Waals surface area (Å²) in [4.78, 5) is 14.9. The van der Waals surface area contributed by atoms with Crippen LogP contribution < -0.4 is 5.32 Å². The minimum Gasteiger partial charge on any atom is -0.385 e. The highest BCUT2D eigenvalue weighted by Gasteiger charge is 2.24. The fraction of sp³-hybridized carbons (Fsp3) is 0.611. The first-order valence-electron chi connectivity index (χ1n) is 8.25. The number of amides is 1. The first-order chi connectivity index (χ1) is 10.1. The lowest BCUT2D eigenvalue weighted by molar-refractivity contribution is 0.0760. The Labute approximate surface area is 128 Å². The molecule has 1 aliphatic rings. The molecule has 1 saturated heterocycles. The molecule has 1 N–H and O–H groups in total. The topological polar surface area (TPSA) is 32.3 Å². The minimum absolute atomic E-state index is 0.177. The largest absolute Gasteiger partial charge is 0.385 e. The van der Waals surface area contributed by atoms with E-state index in [1.807, 2.05) is 29.2 Å². The molecule has 2 rings (SSSR count). The van der Waals surface area contributed by atoms with Crippen molar-refractivity contribution < 1.29 is 4.79 Å². The van der Waals surface area contributed by atoms with Crippen LogP contribution in [0.25, 0.3) is 0 Å². The van der Waals surface area contributed by atoms with E-state index in [2.05, 4.69) is 26.1 Å². The van der Waals surface area contributed by atoms with Crippen LogP contribution in [0, 0.1) is 11.8 Å². The molecule has 1 fully saturated rings. The number of rotatable bonds is 4. The SMILES string of the molecule is CCNc1ccccc1C(=O)N1CCCC(C(C)C)CC1. The van der Waals surface area contributed by atoms with E-state index in [4.69, 9.17) is 0 Å². The van der Waals surface area contributed by atoms with Gasteiger partial charge in [0, 0.05) is 25.3 Å². The highest BCUT2D eigenvalue weighted by molar-refractivity contribution is 5.99. The molecule has 116 valence electrons. The zero-order chi connectivity index (χ0) is 15.2. The van der Waals surface area contributed by atoms with Gasteiger partial charge in [-0.05, 0) is 50.2 Å². The molecule has 0 aliphatic carbocycles. The summed E-state index contributed by atoms with van der Waals surface area (Å²) in [5.74, 6) is 1.65. The summed E-state index contributed by atoms with van der Waals surface area (Å²) < 4.78 is 0. The van der Waals surface area contributed by atoms with Crippen LogP contribution in [0.2, 0.25) is 0 Å². The lowest BCUT2D eigenvalue weighted by Gasteiger charge is -2.23. The van der Waals surface area contributed by atoms with Gasteiger partial charge in [0.1, 0.15) is 0 Å². The molecule has 1 atom stereocenters. The van der Waals surface area contributed by atoms with Crippen LogP contribution in [-0.2, 0) is 0 Å². The van der Waals surface area contributed by atoms with Crippen LogP contribution in [0.5, 0.6) is 0 Å². The Morgan fingerprint density at radius 2 is 2.05 bits per heavy atom. The fourth-order valence-corrected chi connectivity index (χ4v) is 3.18.